The highest BCUT2D eigenvalue weighted by molar-refractivity contribution is 6.01. The molecule has 0 aliphatic carbocycles. The first-order chi connectivity index (χ1) is 22.9. The van der Waals surface area contributed by atoms with Crippen LogP contribution in [0, 0.1) is 11.6 Å². The summed E-state index contributed by atoms with van der Waals surface area (Å²) in [7, 11) is 0. The predicted molar refractivity (Wildman–Crippen MR) is 174 cm³/mol. The van der Waals surface area contributed by atoms with Gasteiger partial charge in [0.15, 0.2) is 11.6 Å². The van der Waals surface area contributed by atoms with Crippen LogP contribution in [-0.4, -0.2) is 35.7 Å². The highest BCUT2D eigenvalue weighted by atomic mass is 19.1. The van der Waals surface area contributed by atoms with Gasteiger partial charge in [-0.3, -0.25) is 4.79 Å². The Hall–Kier alpha value is -5.51. The van der Waals surface area contributed by atoms with Crippen molar-refractivity contribution >= 4 is 17.9 Å². The zero-order valence-electron chi connectivity index (χ0n) is 25.4. The average molecular weight is 638 g/mol. The zero-order valence-corrected chi connectivity index (χ0v) is 25.4. The number of halogens is 2. The number of carbonyl (C=O) groups is 1. The number of aliphatic imine (C=N–C) groups is 1. The molecule has 240 valence electrons. The average Bonchev–Trinajstić information content (AvgIpc) is 3.49. The Labute approximate surface area is 270 Å². The van der Waals surface area contributed by atoms with Crippen LogP contribution in [0.5, 0.6) is 5.75 Å². The second kappa shape index (κ2) is 15.7. The van der Waals surface area contributed by atoms with Crippen molar-refractivity contribution < 1.29 is 28.2 Å². The number of rotatable bonds is 14. The van der Waals surface area contributed by atoms with E-state index in [1.165, 1.54) is 0 Å². The maximum absolute atomic E-state index is 14.6. The highest BCUT2D eigenvalue weighted by Crippen LogP contribution is 2.44. The molecule has 2 N–H and O–H groups in total. The van der Waals surface area contributed by atoms with Gasteiger partial charge in [-0.15, -0.1) is 0 Å². The van der Waals surface area contributed by atoms with E-state index in [9.17, 15) is 13.6 Å². The van der Waals surface area contributed by atoms with Crippen molar-refractivity contribution in [3.05, 3.63) is 153 Å². The summed E-state index contributed by atoms with van der Waals surface area (Å²) in [5.41, 5.74) is 10.1. The molecule has 0 fully saturated rings. The number of benzene rings is 4. The van der Waals surface area contributed by atoms with Gasteiger partial charge in [-0.25, -0.2) is 13.8 Å². The molecule has 0 saturated heterocycles. The van der Waals surface area contributed by atoms with Crippen molar-refractivity contribution in [3.8, 4) is 5.75 Å². The van der Waals surface area contributed by atoms with Crippen LogP contribution in [-0.2, 0) is 22.6 Å². The van der Waals surface area contributed by atoms with Crippen molar-refractivity contribution in [2.75, 3.05) is 13.2 Å². The lowest BCUT2D eigenvalue weighted by atomic mass is 9.82. The van der Waals surface area contributed by atoms with Crippen molar-refractivity contribution in [1.82, 2.24) is 5.32 Å². The van der Waals surface area contributed by atoms with Gasteiger partial charge in [0, 0.05) is 42.0 Å². The molecule has 0 unspecified atom stereocenters. The minimum Gasteiger partial charge on any atom is -0.494 e. The summed E-state index contributed by atoms with van der Waals surface area (Å²) < 4.78 is 40.7. The van der Waals surface area contributed by atoms with Crippen LogP contribution in [0.4, 0.5) is 8.78 Å². The molecule has 4 aromatic rings. The van der Waals surface area contributed by atoms with Crippen LogP contribution in [0.25, 0.3) is 16.5 Å². The van der Waals surface area contributed by atoms with E-state index in [0.29, 0.717) is 35.5 Å². The molecular weight excluding hydrogens is 604 g/mol. The van der Waals surface area contributed by atoms with E-state index in [1.807, 2.05) is 42.5 Å². The topological polar surface area (TPSA) is 129 Å². The molecule has 4 aromatic carbocycles. The van der Waals surface area contributed by atoms with Crippen LogP contribution >= 0.6 is 0 Å². The Balaban J connectivity index is 1.58. The number of azide groups is 1. The summed E-state index contributed by atoms with van der Waals surface area (Å²) in [5, 5.41) is 15.6. The third-order valence-electron chi connectivity index (χ3n) is 7.66. The second-order valence-electron chi connectivity index (χ2n) is 10.8. The maximum Gasteiger partial charge on any atom is 0.252 e. The number of hydrogen-bond acceptors (Lipinski definition) is 6. The first kappa shape index (κ1) is 32.9. The summed E-state index contributed by atoms with van der Waals surface area (Å²) in [5.74, 6) is -1.08. The normalized spacial score (nSPS) is 17.1. The lowest BCUT2D eigenvalue weighted by Crippen LogP contribution is -2.48. The van der Waals surface area contributed by atoms with Crippen LogP contribution in [0.2, 0.25) is 0 Å². The molecule has 2 atom stereocenters. The molecule has 0 spiro atoms. The van der Waals surface area contributed by atoms with E-state index in [2.05, 4.69) is 15.3 Å². The van der Waals surface area contributed by atoms with Crippen LogP contribution in [0.15, 0.2) is 113 Å². The maximum atomic E-state index is 14.6. The largest absolute Gasteiger partial charge is 0.494 e. The Morgan fingerprint density at radius 1 is 1.04 bits per heavy atom. The van der Waals surface area contributed by atoms with Crippen molar-refractivity contribution in [2.45, 2.75) is 37.6 Å². The van der Waals surface area contributed by atoms with E-state index in [4.69, 9.17) is 25.1 Å². The van der Waals surface area contributed by atoms with Crippen molar-refractivity contribution in [3.63, 3.8) is 0 Å². The molecule has 11 heteroatoms. The molecule has 1 heterocycles. The summed E-state index contributed by atoms with van der Waals surface area (Å²) in [6.07, 6.45) is 3.28. The number of aliphatic hydroxyl groups is 1. The molecule has 1 aliphatic rings. The first-order valence-electron chi connectivity index (χ1n) is 15.1. The molecule has 0 saturated carbocycles. The molecule has 0 aromatic heterocycles. The number of hydrogen-bond donors (Lipinski definition) is 2. The smallest absolute Gasteiger partial charge is 0.252 e. The molecule has 9 nitrogen and oxygen atoms in total. The van der Waals surface area contributed by atoms with E-state index in [-0.39, 0.29) is 37.6 Å². The highest BCUT2D eigenvalue weighted by Gasteiger charge is 2.53. The number of amides is 1. The Kier molecular flexibility index (Phi) is 11.0. The summed E-state index contributed by atoms with van der Waals surface area (Å²) in [6, 6.07) is 26.8. The number of carbonyl (C=O) groups excluding carboxylic acids is 1. The minimum absolute atomic E-state index is 0.00774. The van der Waals surface area contributed by atoms with Gasteiger partial charge in [-0.2, -0.15) is 0 Å². The van der Waals surface area contributed by atoms with Gasteiger partial charge in [-0.1, -0.05) is 71.9 Å². The van der Waals surface area contributed by atoms with Crippen LogP contribution in [0.1, 0.15) is 46.8 Å². The van der Waals surface area contributed by atoms with E-state index in [0.717, 1.165) is 23.8 Å². The molecule has 1 aliphatic heterocycles. The zero-order chi connectivity index (χ0) is 33.1. The third-order valence-corrected chi connectivity index (χ3v) is 7.66. The van der Waals surface area contributed by atoms with Gasteiger partial charge in [0.05, 0.1) is 13.2 Å². The van der Waals surface area contributed by atoms with E-state index >= 15 is 0 Å². The molecule has 0 bridgehead atoms. The summed E-state index contributed by atoms with van der Waals surface area (Å²) in [6.45, 7) is 0.0818. The van der Waals surface area contributed by atoms with E-state index < -0.39 is 29.2 Å². The number of ether oxygens (including phenoxy) is 2. The quantitative estimate of drug-likeness (QED) is 0.0655. The summed E-state index contributed by atoms with van der Waals surface area (Å²) in [4.78, 5) is 22.2. The first-order valence-corrected chi connectivity index (χ1v) is 15.1. The molecule has 0 radical (unpaired) electrons. The third kappa shape index (κ3) is 8.02. The monoisotopic (exact) mass is 637 g/mol. The van der Waals surface area contributed by atoms with Crippen molar-refractivity contribution in [2.24, 2.45) is 10.1 Å². The van der Waals surface area contributed by atoms with E-state index in [1.54, 1.807) is 48.5 Å². The Morgan fingerprint density at radius 2 is 1.81 bits per heavy atom. The van der Waals surface area contributed by atoms with Gasteiger partial charge in [0.1, 0.15) is 17.4 Å². The second-order valence-corrected chi connectivity index (χ2v) is 10.8. The van der Waals surface area contributed by atoms with Gasteiger partial charge < -0.3 is 19.9 Å². The van der Waals surface area contributed by atoms with Gasteiger partial charge in [0.25, 0.3) is 5.91 Å². The molecular formula is C36H33F2N5O4. The molecule has 47 heavy (non-hydrogen) atoms. The number of nitrogens with one attached hydrogen (secondary N) is 1. The number of nitrogens with zero attached hydrogens (tertiary/aromatic N) is 4. The Bertz CT molecular complexity index is 1790. The number of aliphatic hydroxyl groups excluding tert-OH is 1. The lowest BCUT2D eigenvalue weighted by Gasteiger charge is -2.31. The fourth-order valence-electron chi connectivity index (χ4n) is 5.28. The SMILES string of the molecule is [N-]=[N+]=NCc1ccccc1[C@H]1OC(c2ccc(OCCCO)cc2)=N[C@@]1(C/C=C/c1ccccc1)C(=O)NCc1cc(F)ccc1F. The van der Waals surface area contributed by atoms with Crippen LogP contribution in [0.3, 0.4) is 0 Å². The van der Waals surface area contributed by atoms with Crippen molar-refractivity contribution in [1.29, 1.82) is 0 Å². The minimum atomic E-state index is -1.60. The summed E-state index contributed by atoms with van der Waals surface area (Å²) >= 11 is 0. The standard InChI is InChI=1S/C36H33F2N5O4/c37-29-15-18-32(38)28(22-29)23-40-35(45)36(19-6-10-25-8-2-1-3-9-25)33(31-12-5-4-11-27(31)24-41-43-39)47-34(42-36)26-13-16-30(17-14-26)46-21-7-20-44/h1-6,8-18,22,33,44H,7,19-21,23-24H2,(H,40,45)/b10-6+/t33-,36-/m1/s1. The predicted octanol–water partition coefficient (Wildman–Crippen LogP) is 7.21. The fourth-order valence-corrected chi connectivity index (χ4v) is 5.28. The van der Waals surface area contributed by atoms with Gasteiger partial charge in [0.2, 0.25) is 5.90 Å². The lowest BCUT2D eigenvalue weighted by molar-refractivity contribution is -0.129. The van der Waals surface area contributed by atoms with Gasteiger partial charge in [-0.05, 0) is 64.7 Å². The fraction of sp³-hybridized carbons (Fsp3) is 0.222. The Morgan fingerprint density at radius 3 is 2.57 bits per heavy atom. The van der Waals surface area contributed by atoms with Gasteiger partial charge >= 0.3 is 0 Å². The van der Waals surface area contributed by atoms with Crippen LogP contribution < -0.4 is 10.1 Å². The molecule has 5 rings (SSSR count). The molecule has 1 amide bonds.